The van der Waals surface area contributed by atoms with Crippen LogP contribution in [0, 0.1) is 5.92 Å². The summed E-state index contributed by atoms with van der Waals surface area (Å²) in [6.07, 6.45) is 3.47. The molecule has 0 radical (unpaired) electrons. The van der Waals surface area contributed by atoms with Gasteiger partial charge in [-0.2, -0.15) is 0 Å². The number of amides is 3. The normalized spacial score (nSPS) is 24.5. The summed E-state index contributed by atoms with van der Waals surface area (Å²) in [4.78, 5) is 43.0. The first kappa shape index (κ1) is 18.0. The van der Waals surface area contributed by atoms with Crippen LogP contribution in [0.2, 0.25) is 0 Å². The van der Waals surface area contributed by atoms with Gasteiger partial charge in [0.2, 0.25) is 11.8 Å². The fraction of sp³-hybridized carbons (Fsp3) is 0.632. The Labute approximate surface area is 158 Å². The molecule has 0 bridgehead atoms. The second kappa shape index (κ2) is 7.72. The Bertz CT molecular complexity index is 690. The molecule has 0 spiro atoms. The lowest BCUT2D eigenvalue weighted by molar-refractivity contribution is -0.137. The van der Waals surface area contributed by atoms with E-state index in [2.05, 4.69) is 0 Å². The van der Waals surface area contributed by atoms with E-state index in [9.17, 15) is 14.4 Å². The quantitative estimate of drug-likeness (QED) is 0.772. The van der Waals surface area contributed by atoms with Gasteiger partial charge in [-0.25, -0.2) is 0 Å². The topological polar surface area (TPSA) is 83.3 Å². The van der Waals surface area contributed by atoms with Crippen molar-refractivity contribution in [3.8, 4) is 0 Å². The number of hydrogen-bond acceptors (Lipinski definition) is 5. The predicted octanol–water partition coefficient (Wildman–Crippen LogP) is 0.592. The smallest absolute Gasteiger partial charge is 0.289 e. The molecule has 0 saturated carbocycles. The molecule has 3 amide bonds. The third kappa shape index (κ3) is 3.71. The monoisotopic (exact) mass is 375 g/mol. The Kier molecular flexibility index (Phi) is 5.15. The Morgan fingerprint density at radius 3 is 2.41 bits per heavy atom. The molecular weight excluding hydrogens is 350 g/mol. The second-order valence-corrected chi connectivity index (χ2v) is 7.39. The van der Waals surface area contributed by atoms with Gasteiger partial charge >= 0.3 is 0 Å². The highest BCUT2D eigenvalue weighted by Gasteiger charge is 2.40. The highest BCUT2D eigenvalue weighted by molar-refractivity contribution is 5.92. The molecule has 3 saturated heterocycles. The van der Waals surface area contributed by atoms with Crippen LogP contribution in [0.3, 0.4) is 0 Å². The van der Waals surface area contributed by atoms with E-state index in [1.807, 2.05) is 4.90 Å². The summed E-state index contributed by atoms with van der Waals surface area (Å²) in [5.41, 5.74) is 0. The molecule has 3 fully saturated rings. The van der Waals surface area contributed by atoms with Gasteiger partial charge in [-0.05, 0) is 25.0 Å². The first-order chi connectivity index (χ1) is 13.1. The van der Waals surface area contributed by atoms with Crippen LogP contribution in [0.15, 0.2) is 22.8 Å². The summed E-state index contributed by atoms with van der Waals surface area (Å²) in [5.74, 6) is 0.0136. The van der Waals surface area contributed by atoms with E-state index < -0.39 is 0 Å². The number of furan rings is 1. The Hall–Kier alpha value is -2.35. The molecule has 3 aliphatic rings. The molecule has 1 aromatic rings. The summed E-state index contributed by atoms with van der Waals surface area (Å²) in [6, 6.07) is 3.54. The van der Waals surface area contributed by atoms with Crippen molar-refractivity contribution in [2.24, 2.45) is 5.92 Å². The van der Waals surface area contributed by atoms with Gasteiger partial charge in [-0.1, -0.05) is 0 Å². The summed E-state index contributed by atoms with van der Waals surface area (Å²) < 4.78 is 10.5. The van der Waals surface area contributed by atoms with Crippen LogP contribution in [-0.4, -0.2) is 84.4 Å². The van der Waals surface area contributed by atoms with Crippen molar-refractivity contribution >= 4 is 17.7 Å². The molecule has 1 aromatic heterocycles. The highest BCUT2D eigenvalue weighted by Crippen LogP contribution is 2.26. The van der Waals surface area contributed by atoms with Gasteiger partial charge in [-0.3, -0.25) is 14.4 Å². The van der Waals surface area contributed by atoms with E-state index in [4.69, 9.17) is 9.15 Å². The summed E-state index contributed by atoms with van der Waals surface area (Å²) in [6.45, 7) is 3.82. The zero-order valence-electron chi connectivity index (χ0n) is 15.3. The molecule has 8 nitrogen and oxygen atoms in total. The molecule has 1 unspecified atom stereocenters. The molecule has 0 aromatic carbocycles. The Morgan fingerprint density at radius 1 is 1.04 bits per heavy atom. The summed E-state index contributed by atoms with van der Waals surface area (Å²) in [5, 5.41) is 0. The predicted molar refractivity (Wildman–Crippen MR) is 94.9 cm³/mol. The Morgan fingerprint density at radius 2 is 1.74 bits per heavy atom. The molecular formula is C19H25N3O5. The SMILES string of the molecule is O=C(c1ccco1)N1CCN(C(=O)C2CC(=O)N(C3CCOCC3)C2)CC1. The molecule has 1 atom stereocenters. The molecule has 4 rings (SSSR count). The number of carbonyl (C=O) groups is 3. The first-order valence-corrected chi connectivity index (χ1v) is 9.62. The zero-order valence-corrected chi connectivity index (χ0v) is 15.3. The van der Waals surface area contributed by atoms with Crippen molar-refractivity contribution < 1.29 is 23.5 Å². The van der Waals surface area contributed by atoms with E-state index in [0.29, 0.717) is 58.1 Å². The van der Waals surface area contributed by atoms with E-state index >= 15 is 0 Å². The highest BCUT2D eigenvalue weighted by atomic mass is 16.5. The lowest BCUT2D eigenvalue weighted by atomic mass is 10.1. The fourth-order valence-corrected chi connectivity index (χ4v) is 4.19. The van der Waals surface area contributed by atoms with Crippen molar-refractivity contribution in [1.29, 1.82) is 0 Å². The van der Waals surface area contributed by atoms with Crippen LogP contribution in [0.1, 0.15) is 29.8 Å². The van der Waals surface area contributed by atoms with E-state index in [-0.39, 0.29) is 29.7 Å². The largest absolute Gasteiger partial charge is 0.459 e. The zero-order chi connectivity index (χ0) is 18.8. The van der Waals surface area contributed by atoms with Crippen LogP contribution in [0.25, 0.3) is 0 Å². The minimum Gasteiger partial charge on any atom is -0.459 e. The van der Waals surface area contributed by atoms with Crippen LogP contribution >= 0.6 is 0 Å². The third-order valence-electron chi connectivity index (χ3n) is 5.75. The molecule has 0 aliphatic carbocycles. The van der Waals surface area contributed by atoms with Crippen molar-refractivity contribution in [3.63, 3.8) is 0 Å². The maximum atomic E-state index is 12.9. The molecule has 8 heteroatoms. The third-order valence-corrected chi connectivity index (χ3v) is 5.75. The summed E-state index contributed by atoms with van der Waals surface area (Å²) in [7, 11) is 0. The number of hydrogen-bond donors (Lipinski definition) is 0. The van der Waals surface area contributed by atoms with Gasteiger partial charge in [0.15, 0.2) is 5.76 Å². The molecule has 3 aliphatic heterocycles. The van der Waals surface area contributed by atoms with Crippen LogP contribution in [0.5, 0.6) is 0 Å². The van der Waals surface area contributed by atoms with Crippen molar-refractivity contribution in [2.45, 2.75) is 25.3 Å². The number of rotatable bonds is 3. The maximum absolute atomic E-state index is 12.9. The van der Waals surface area contributed by atoms with Crippen LogP contribution in [-0.2, 0) is 14.3 Å². The van der Waals surface area contributed by atoms with Gasteiger partial charge in [0.1, 0.15) is 0 Å². The lowest BCUT2D eigenvalue weighted by Gasteiger charge is -2.36. The minimum atomic E-state index is -0.271. The number of nitrogens with zero attached hydrogens (tertiary/aromatic N) is 3. The van der Waals surface area contributed by atoms with Gasteiger partial charge in [0, 0.05) is 58.4 Å². The van der Waals surface area contributed by atoms with E-state index in [0.717, 1.165) is 12.8 Å². The van der Waals surface area contributed by atoms with Gasteiger partial charge in [0.25, 0.3) is 5.91 Å². The number of carbonyl (C=O) groups excluding carboxylic acids is 3. The van der Waals surface area contributed by atoms with Gasteiger partial charge in [-0.15, -0.1) is 0 Å². The van der Waals surface area contributed by atoms with Gasteiger partial charge < -0.3 is 23.9 Å². The minimum absolute atomic E-state index is 0.0306. The van der Waals surface area contributed by atoms with Crippen LogP contribution < -0.4 is 0 Å². The van der Waals surface area contributed by atoms with Crippen molar-refractivity contribution in [2.75, 3.05) is 45.9 Å². The Balaban J connectivity index is 1.30. The average Bonchev–Trinajstić information content (AvgIpc) is 3.38. The first-order valence-electron chi connectivity index (χ1n) is 9.62. The average molecular weight is 375 g/mol. The molecule has 4 heterocycles. The summed E-state index contributed by atoms with van der Waals surface area (Å²) >= 11 is 0. The number of piperazine rings is 1. The molecule has 27 heavy (non-hydrogen) atoms. The second-order valence-electron chi connectivity index (χ2n) is 7.39. The standard InChI is InChI=1S/C19H25N3O5/c23-17-12-14(13-22(17)15-3-10-26-11-4-15)18(24)20-5-7-21(8-6-20)19(25)16-2-1-9-27-16/h1-2,9,14-15H,3-8,10-13H2. The van der Waals surface area contributed by atoms with Crippen LogP contribution in [0.4, 0.5) is 0 Å². The number of ether oxygens (including phenoxy) is 1. The lowest BCUT2D eigenvalue weighted by Crippen LogP contribution is -2.52. The maximum Gasteiger partial charge on any atom is 0.289 e. The van der Waals surface area contributed by atoms with Crippen molar-refractivity contribution in [1.82, 2.24) is 14.7 Å². The van der Waals surface area contributed by atoms with Gasteiger partial charge in [0.05, 0.1) is 12.2 Å². The number of likely N-dealkylation sites (tertiary alicyclic amines) is 1. The fourth-order valence-electron chi connectivity index (χ4n) is 4.19. The van der Waals surface area contributed by atoms with Crippen molar-refractivity contribution in [3.05, 3.63) is 24.2 Å². The molecule has 0 N–H and O–H groups in total. The molecule has 146 valence electrons. The van der Waals surface area contributed by atoms with E-state index in [1.54, 1.807) is 21.9 Å². The van der Waals surface area contributed by atoms with E-state index in [1.165, 1.54) is 6.26 Å².